The zero-order valence-corrected chi connectivity index (χ0v) is 19.1. The van der Waals surface area contributed by atoms with E-state index in [9.17, 15) is 4.79 Å². The van der Waals surface area contributed by atoms with E-state index in [1.54, 1.807) is 18.2 Å². The molecule has 2 aliphatic heterocycles. The van der Waals surface area contributed by atoms with E-state index >= 15 is 0 Å². The van der Waals surface area contributed by atoms with E-state index in [1.165, 1.54) is 50.1 Å². The molecule has 160 valence electrons. The third-order valence-corrected chi connectivity index (χ3v) is 7.45. The molecule has 2 aromatic rings. The van der Waals surface area contributed by atoms with Crippen molar-refractivity contribution in [3.8, 4) is 0 Å². The van der Waals surface area contributed by atoms with Crippen LogP contribution in [-0.4, -0.2) is 53.0 Å². The van der Waals surface area contributed by atoms with Gasteiger partial charge in [-0.15, -0.1) is 0 Å². The van der Waals surface area contributed by atoms with E-state index in [4.69, 9.17) is 23.2 Å². The lowest BCUT2D eigenvalue weighted by atomic mass is 9.95. The minimum absolute atomic E-state index is 0.247. The average Bonchev–Trinajstić information content (AvgIpc) is 3.30. The zero-order chi connectivity index (χ0) is 20.9. The number of anilines is 2. The summed E-state index contributed by atoms with van der Waals surface area (Å²) in [6, 6.07) is 9.51. The van der Waals surface area contributed by atoms with E-state index in [2.05, 4.69) is 32.3 Å². The number of hydrogen-bond acceptors (Lipinski definition) is 5. The summed E-state index contributed by atoms with van der Waals surface area (Å²) in [5.74, 6) is 3.41. The fraction of sp³-hybridized carbons (Fsp3) is 0.455. The van der Waals surface area contributed by atoms with Crippen LogP contribution in [0.2, 0.25) is 10.0 Å². The van der Waals surface area contributed by atoms with Gasteiger partial charge in [0.05, 0.1) is 10.6 Å². The Morgan fingerprint density at radius 3 is 2.63 bits per heavy atom. The molecule has 1 atom stereocenters. The van der Waals surface area contributed by atoms with Crippen LogP contribution in [-0.2, 0) is 0 Å². The van der Waals surface area contributed by atoms with Gasteiger partial charge in [0.1, 0.15) is 5.82 Å². The molecule has 2 aliphatic rings. The van der Waals surface area contributed by atoms with E-state index in [0.29, 0.717) is 27.3 Å². The number of carbonyl (C=O) groups excluding carboxylic acids is 1. The highest BCUT2D eigenvalue weighted by atomic mass is 35.5. The summed E-state index contributed by atoms with van der Waals surface area (Å²) in [5.41, 5.74) is 1.31. The molecule has 4 rings (SSSR count). The van der Waals surface area contributed by atoms with E-state index in [1.807, 2.05) is 12.1 Å². The van der Waals surface area contributed by atoms with Crippen molar-refractivity contribution in [3.05, 3.63) is 52.1 Å². The summed E-state index contributed by atoms with van der Waals surface area (Å²) in [7, 11) is 0. The second-order valence-electron chi connectivity index (χ2n) is 7.88. The summed E-state index contributed by atoms with van der Waals surface area (Å²) in [5, 5.41) is 7.35. The molecule has 2 fully saturated rings. The summed E-state index contributed by atoms with van der Waals surface area (Å²) in [6.07, 6.45) is 5.22. The van der Waals surface area contributed by atoms with Gasteiger partial charge >= 0.3 is 0 Å². The van der Waals surface area contributed by atoms with Crippen LogP contribution in [0, 0.1) is 5.92 Å². The van der Waals surface area contributed by atoms with Crippen molar-refractivity contribution in [1.82, 2.24) is 9.88 Å². The van der Waals surface area contributed by atoms with Gasteiger partial charge in [-0.25, -0.2) is 4.98 Å². The summed E-state index contributed by atoms with van der Waals surface area (Å²) in [4.78, 5) is 19.6. The Hall–Kier alpha value is -1.47. The Bertz CT molecular complexity index is 866. The Morgan fingerprint density at radius 2 is 1.93 bits per heavy atom. The minimum atomic E-state index is -0.247. The number of hydrogen-bond donors (Lipinski definition) is 2. The van der Waals surface area contributed by atoms with Gasteiger partial charge in [0, 0.05) is 35.2 Å². The first-order chi connectivity index (χ1) is 14.6. The van der Waals surface area contributed by atoms with Gasteiger partial charge < -0.3 is 10.6 Å². The monoisotopic (exact) mass is 464 g/mol. The topological polar surface area (TPSA) is 57.3 Å². The minimum Gasteiger partial charge on any atom is -0.384 e. The first-order valence-electron chi connectivity index (χ1n) is 10.4. The van der Waals surface area contributed by atoms with E-state index in [-0.39, 0.29) is 5.91 Å². The number of pyridine rings is 1. The van der Waals surface area contributed by atoms with Crippen LogP contribution >= 0.6 is 35.0 Å². The molecule has 2 N–H and O–H groups in total. The van der Waals surface area contributed by atoms with Gasteiger partial charge in [0.15, 0.2) is 0 Å². The molecule has 0 saturated carbocycles. The van der Waals surface area contributed by atoms with Crippen molar-refractivity contribution in [1.29, 1.82) is 0 Å². The van der Waals surface area contributed by atoms with Gasteiger partial charge in [-0.3, -0.25) is 9.69 Å². The summed E-state index contributed by atoms with van der Waals surface area (Å²) in [6.45, 7) is 3.20. The molecule has 3 heterocycles. The molecule has 1 aromatic carbocycles. The van der Waals surface area contributed by atoms with Crippen LogP contribution in [0.15, 0.2) is 36.5 Å². The number of benzene rings is 1. The largest absolute Gasteiger partial charge is 0.384 e. The van der Waals surface area contributed by atoms with Crippen LogP contribution < -0.4 is 10.6 Å². The van der Waals surface area contributed by atoms with E-state index < -0.39 is 0 Å². The van der Waals surface area contributed by atoms with Crippen LogP contribution in [0.1, 0.15) is 29.6 Å². The maximum absolute atomic E-state index is 12.8. The van der Waals surface area contributed by atoms with Gasteiger partial charge in [-0.05, 0) is 74.4 Å². The van der Waals surface area contributed by atoms with Crippen molar-refractivity contribution in [2.45, 2.75) is 25.3 Å². The predicted octanol–water partition coefficient (Wildman–Crippen LogP) is 5.27. The number of piperidine rings is 1. The molecule has 0 spiro atoms. The Kier molecular flexibility index (Phi) is 7.41. The highest BCUT2D eigenvalue weighted by molar-refractivity contribution is 7.99. The highest BCUT2D eigenvalue weighted by Crippen LogP contribution is 2.28. The number of nitrogens with zero attached hydrogens (tertiary/aromatic N) is 2. The van der Waals surface area contributed by atoms with Crippen LogP contribution in [0.25, 0.3) is 0 Å². The molecule has 30 heavy (non-hydrogen) atoms. The zero-order valence-electron chi connectivity index (χ0n) is 16.7. The molecular formula is C22H26Cl2N4OS. The second kappa shape index (κ2) is 10.2. The van der Waals surface area contributed by atoms with Gasteiger partial charge in [-0.1, -0.05) is 23.2 Å². The lowest BCUT2D eigenvalue weighted by Gasteiger charge is -2.36. The van der Waals surface area contributed by atoms with Crippen molar-refractivity contribution < 1.29 is 4.79 Å². The summed E-state index contributed by atoms with van der Waals surface area (Å²) < 4.78 is 0. The Balaban J connectivity index is 1.35. The summed E-state index contributed by atoms with van der Waals surface area (Å²) >= 11 is 14.1. The van der Waals surface area contributed by atoms with E-state index in [0.717, 1.165) is 18.3 Å². The molecule has 2 saturated heterocycles. The molecule has 0 radical (unpaired) electrons. The SMILES string of the molecule is O=C(Nc1ccc(Cl)cn1)c1cc(Cl)ccc1NCC1CCN(C2CCSC2)CC1. The third-order valence-electron chi connectivity index (χ3n) is 5.85. The van der Waals surface area contributed by atoms with Crippen molar-refractivity contribution in [2.75, 3.05) is 41.8 Å². The molecular weight excluding hydrogens is 439 g/mol. The number of likely N-dealkylation sites (tertiary alicyclic amines) is 1. The number of thioether (sulfide) groups is 1. The predicted molar refractivity (Wildman–Crippen MR) is 127 cm³/mol. The molecule has 0 aliphatic carbocycles. The number of halogens is 2. The smallest absolute Gasteiger partial charge is 0.258 e. The molecule has 1 aromatic heterocycles. The van der Waals surface area contributed by atoms with Crippen molar-refractivity contribution >= 4 is 52.4 Å². The number of rotatable bonds is 6. The average molecular weight is 465 g/mol. The fourth-order valence-corrected chi connectivity index (χ4v) is 5.62. The first-order valence-corrected chi connectivity index (χ1v) is 12.3. The third kappa shape index (κ3) is 5.61. The van der Waals surface area contributed by atoms with Crippen molar-refractivity contribution in [2.24, 2.45) is 5.92 Å². The Labute approximate surface area is 191 Å². The van der Waals surface area contributed by atoms with Gasteiger partial charge in [0.25, 0.3) is 5.91 Å². The molecule has 0 bridgehead atoms. The first kappa shape index (κ1) is 21.8. The van der Waals surface area contributed by atoms with Crippen molar-refractivity contribution in [3.63, 3.8) is 0 Å². The highest BCUT2D eigenvalue weighted by Gasteiger charge is 2.27. The lowest BCUT2D eigenvalue weighted by Crippen LogP contribution is -2.42. The maximum atomic E-state index is 12.8. The standard InChI is InChI=1S/C22H26Cl2N4OS/c23-16-1-3-20(19(11-16)22(29)27-21-4-2-17(24)13-26-21)25-12-15-5-8-28(9-6-15)18-7-10-30-14-18/h1-4,11,13,15,18,25H,5-10,12,14H2,(H,26,27,29). The molecule has 1 amide bonds. The fourth-order valence-electron chi connectivity index (χ4n) is 4.08. The number of carbonyl (C=O) groups is 1. The number of amides is 1. The normalized spacial score (nSPS) is 20.3. The van der Waals surface area contributed by atoms with Crippen LogP contribution in [0.3, 0.4) is 0 Å². The number of aromatic nitrogens is 1. The van der Waals surface area contributed by atoms with Crippen LogP contribution in [0.4, 0.5) is 11.5 Å². The second-order valence-corrected chi connectivity index (χ2v) is 9.91. The quantitative estimate of drug-likeness (QED) is 0.609. The Morgan fingerprint density at radius 1 is 1.13 bits per heavy atom. The van der Waals surface area contributed by atoms with Gasteiger partial charge in [-0.2, -0.15) is 11.8 Å². The molecule has 5 nitrogen and oxygen atoms in total. The molecule has 1 unspecified atom stereocenters. The lowest BCUT2D eigenvalue weighted by molar-refractivity contribution is 0.102. The molecule has 8 heteroatoms. The van der Waals surface area contributed by atoms with Crippen LogP contribution in [0.5, 0.6) is 0 Å². The van der Waals surface area contributed by atoms with Gasteiger partial charge in [0.2, 0.25) is 0 Å². The maximum Gasteiger partial charge on any atom is 0.258 e. The number of nitrogens with one attached hydrogen (secondary N) is 2.